The van der Waals surface area contributed by atoms with Crippen LogP contribution in [0.3, 0.4) is 0 Å². The summed E-state index contributed by atoms with van der Waals surface area (Å²) in [5.74, 6) is 0. The Balaban J connectivity index is 1.77. The average molecular weight is 446 g/mol. The third-order valence-electron chi connectivity index (χ3n) is 4.63. The number of halogens is 1. The van der Waals surface area contributed by atoms with Crippen LogP contribution in [0.15, 0.2) is 112 Å². The van der Waals surface area contributed by atoms with Crippen LogP contribution in [0.5, 0.6) is 0 Å². The van der Waals surface area contributed by atoms with Crippen LogP contribution in [0.4, 0.5) is 17.1 Å². The molecule has 0 bridgehead atoms. The Labute approximate surface area is 179 Å². The average Bonchev–Trinajstić information content (AvgIpc) is 2.76. The Bertz CT molecular complexity index is 1010. The van der Waals surface area contributed by atoms with Crippen LogP contribution in [-0.4, -0.2) is 6.26 Å². The van der Waals surface area contributed by atoms with E-state index in [1.165, 1.54) is 16.0 Å². The molecule has 0 radical (unpaired) electrons. The van der Waals surface area contributed by atoms with E-state index in [1.54, 1.807) is 11.8 Å². The van der Waals surface area contributed by atoms with Crippen molar-refractivity contribution in [2.75, 3.05) is 11.2 Å². The van der Waals surface area contributed by atoms with Crippen LogP contribution in [-0.2, 0) is 0 Å². The van der Waals surface area contributed by atoms with Crippen molar-refractivity contribution in [2.45, 2.75) is 4.90 Å². The van der Waals surface area contributed by atoms with Gasteiger partial charge in [-0.05, 0) is 72.0 Å². The fraction of sp³-hybridized carbons (Fsp3) is 0.0400. The molecule has 4 rings (SSSR count). The zero-order valence-corrected chi connectivity index (χ0v) is 18.0. The molecule has 0 heterocycles. The van der Waals surface area contributed by atoms with Crippen molar-refractivity contribution in [3.63, 3.8) is 0 Å². The first-order chi connectivity index (χ1) is 13.8. The molecule has 0 spiro atoms. The van der Waals surface area contributed by atoms with E-state index < -0.39 is 0 Å². The molecule has 0 atom stereocenters. The number of hydrogen-bond acceptors (Lipinski definition) is 2. The number of anilines is 3. The monoisotopic (exact) mass is 445 g/mol. The zero-order valence-electron chi connectivity index (χ0n) is 15.5. The maximum Gasteiger partial charge on any atom is 0.0462 e. The minimum absolute atomic E-state index is 1.10. The lowest BCUT2D eigenvalue weighted by atomic mass is 10.0. The maximum atomic E-state index is 3.60. The van der Waals surface area contributed by atoms with Crippen LogP contribution in [0.2, 0.25) is 0 Å². The molecule has 0 aromatic heterocycles. The van der Waals surface area contributed by atoms with Crippen LogP contribution in [0, 0.1) is 0 Å². The van der Waals surface area contributed by atoms with Gasteiger partial charge in [-0.15, -0.1) is 11.8 Å². The molecule has 3 heteroatoms. The topological polar surface area (TPSA) is 3.24 Å². The molecule has 0 aliphatic heterocycles. The molecule has 0 fully saturated rings. The molecule has 0 unspecified atom stereocenters. The number of para-hydroxylation sites is 2. The van der Waals surface area contributed by atoms with Gasteiger partial charge in [-0.1, -0.05) is 64.5 Å². The van der Waals surface area contributed by atoms with Gasteiger partial charge >= 0.3 is 0 Å². The maximum absolute atomic E-state index is 3.60. The normalized spacial score (nSPS) is 10.6. The molecule has 4 aromatic carbocycles. The van der Waals surface area contributed by atoms with E-state index in [0.29, 0.717) is 0 Å². The lowest BCUT2D eigenvalue weighted by Crippen LogP contribution is -2.09. The molecule has 0 aliphatic carbocycles. The second kappa shape index (κ2) is 8.68. The predicted octanol–water partition coefficient (Wildman–Crippen LogP) is 8.31. The highest BCUT2D eigenvalue weighted by molar-refractivity contribution is 9.10. The first kappa shape index (κ1) is 18.9. The Hall–Kier alpha value is -2.49. The van der Waals surface area contributed by atoms with E-state index in [2.05, 4.69) is 118 Å². The fourth-order valence-corrected chi connectivity index (χ4v) is 4.26. The Morgan fingerprint density at radius 1 is 0.643 bits per heavy atom. The zero-order chi connectivity index (χ0) is 19.3. The third-order valence-corrected chi connectivity index (χ3v) is 5.92. The van der Waals surface area contributed by atoms with Gasteiger partial charge in [-0.2, -0.15) is 0 Å². The highest BCUT2D eigenvalue weighted by Gasteiger charge is 2.12. The van der Waals surface area contributed by atoms with E-state index in [1.807, 2.05) is 12.1 Å². The highest BCUT2D eigenvalue weighted by atomic mass is 79.9. The number of rotatable bonds is 5. The predicted molar refractivity (Wildman–Crippen MR) is 126 cm³/mol. The second-order valence-corrected chi connectivity index (χ2v) is 8.16. The van der Waals surface area contributed by atoms with Crippen molar-refractivity contribution in [1.82, 2.24) is 0 Å². The molecular formula is C25H20BrNS. The molecule has 0 saturated carbocycles. The van der Waals surface area contributed by atoms with Crippen molar-refractivity contribution < 1.29 is 0 Å². The summed E-state index contributed by atoms with van der Waals surface area (Å²) >= 11 is 5.38. The second-order valence-electron chi connectivity index (χ2n) is 6.40. The lowest BCUT2D eigenvalue weighted by Gasteiger charge is -2.25. The minimum Gasteiger partial charge on any atom is -0.311 e. The summed E-state index contributed by atoms with van der Waals surface area (Å²) in [5.41, 5.74) is 5.90. The molecule has 1 nitrogen and oxygen atoms in total. The summed E-state index contributed by atoms with van der Waals surface area (Å²) in [5, 5.41) is 0. The first-order valence-electron chi connectivity index (χ1n) is 9.10. The van der Waals surface area contributed by atoms with E-state index in [0.717, 1.165) is 21.5 Å². The van der Waals surface area contributed by atoms with Crippen molar-refractivity contribution in [2.24, 2.45) is 0 Å². The van der Waals surface area contributed by atoms with Crippen LogP contribution < -0.4 is 4.90 Å². The van der Waals surface area contributed by atoms with E-state index in [4.69, 9.17) is 0 Å². The molecule has 138 valence electrons. The summed E-state index contributed by atoms with van der Waals surface area (Å²) < 4.78 is 1.10. The SMILES string of the molecule is CSc1ccc(Br)cc1-c1ccc(N(c2ccccc2)c2ccccc2)cc1. The molecule has 0 N–H and O–H groups in total. The Morgan fingerprint density at radius 3 is 1.71 bits per heavy atom. The van der Waals surface area contributed by atoms with Gasteiger partial charge in [0, 0.05) is 26.4 Å². The third kappa shape index (κ3) is 4.01. The largest absolute Gasteiger partial charge is 0.311 e. The molecule has 0 amide bonds. The standard InChI is InChI=1S/C25H20BrNS/c1-28-25-17-14-20(26)18-24(25)19-12-15-23(16-13-19)27(21-8-4-2-5-9-21)22-10-6-3-7-11-22/h2-18H,1H3. The quantitative estimate of drug-likeness (QED) is 0.284. The molecule has 0 saturated heterocycles. The highest BCUT2D eigenvalue weighted by Crippen LogP contribution is 2.37. The summed E-state index contributed by atoms with van der Waals surface area (Å²) in [4.78, 5) is 3.55. The number of hydrogen-bond donors (Lipinski definition) is 0. The van der Waals surface area contributed by atoms with Gasteiger partial charge in [0.2, 0.25) is 0 Å². The number of benzene rings is 4. The Kier molecular flexibility index (Phi) is 5.84. The minimum atomic E-state index is 1.10. The van der Waals surface area contributed by atoms with Gasteiger partial charge in [-0.3, -0.25) is 0 Å². The molecular weight excluding hydrogens is 426 g/mol. The van der Waals surface area contributed by atoms with E-state index in [9.17, 15) is 0 Å². The van der Waals surface area contributed by atoms with Crippen molar-refractivity contribution in [3.8, 4) is 11.1 Å². The molecule has 28 heavy (non-hydrogen) atoms. The van der Waals surface area contributed by atoms with E-state index in [-0.39, 0.29) is 0 Å². The van der Waals surface area contributed by atoms with Gasteiger partial charge in [0.15, 0.2) is 0 Å². The van der Waals surface area contributed by atoms with Crippen molar-refractivity contribution in [1.29, 1.82) is 0 Å². The van der Waals surface area contributed by atoms with Gasteiger partial charge in [-0.25, -0.2) is 0 Å². The van der Waals surface area contributed by atoms with Gasteiger partial charge < -0.3 is 4.90 Å². The van der Waals surface area contributed by atoms with Gasteiger partial charge in [0.05, 0.1) is 0 Å². The summed E-state index contributed by atoms with van der Waals surface area (Å²) in [6.07, 6.45) is 2.12. The first-order valence-corrected chi connectivity index (χ1v) is 11.1. The lowest BCUT2D eigenvalue weighted by molar-refractivity contribution is 1.28. The van der Waals surface area contributed by atoms with Crippen molar-refractivity contribution in [3.05, 3.63) is 108 Å². The van der Waals surface area contributed by atoms with Gasteiger partial charge in [0.25, 0.3) is 0 Å². The number of nitrogens with zero attached hydrogens (tertiary/aromatic N) is 1. The summed E-state index contributed by atoms with van der Waals surface area (Å²) in [6, 6.07) is 36.2. The molecule has 0 aliphatic rings. The van der Waals surface area contributed by atoms with Crippen molar-refractivity contribution >= 4 is 44.8 Å². The van der Waals surface area contributed by atoms with Crippen LogP contribution >= 0.6 is 27.7 Å². The summed E-state index contributed by atoms with van der Waals surface area (Å²) in [6.45, 7) is 0. The van der Waals surface area contributed by atoms with Crippen LogP contribution in [0.1, 0.15) is 0 Å². The molecule has 4 aromatic rings. The number of thioether (sulfide) groups is 1. The van der Waals surface area contributed by atoms with E-state index >= 15 is 0 Å². The fourth-order valence-electron chi connectivity index (χ4n) is 3.30. The van der Waals surface area contributed by atoms with Gasteiger partial charge in [0.1, 0.15) is 0 Å². The van der Waals surface area contributed by atoms with Crippen LogP contribution in [0.25, 0.3) is 11.1 Å². The summed E-state index contributed by atoms with van der Waals surface area (Å²) in [7, 11) is 0. The Morgan fingerprint density at radius 2 is 1.18 bits per heavy atom. The smallest absolute Gasteiger partial charge is 0.0462 e.